The zero-order valence-electron chi connectivity index (χ0n) is 23.2. The van der Waals surface area contributed by atoms with Crippen molar-refractivity contribution in [2.75, 3.05) is 32.8 Å². The van der Waals surface area contributed by atoms with Gasteiger partial charge >= 0.3 is 6.09 Å². The van der Waals surface area contributed by atoms with E-state index in [0.717, 1.165) is 21.3 Å². The maximum atomic E-state index is 12.3. The number of carbonyl (C=O) groups is 1. The number of aromatic nitrogens is 4. The number of thiazole rings is 1. The second kappa shape index (κ2) is 11.3. The van der Waals surface area contributed by atoms with Crippen LogP contribution in [0.1, 0.15) is 24.2 Å². The lowest BCUT2D eigenvalue weighted by atomic mass is 10.0. The van der Waals surface area contributed by atoms with E-state index in [-0.39, 0.29) is 13.2 Å². The first-order chi connectivity index (χ1) is 20.3. The van der Waals surface area contributed by atoms with Crippen molar-refractivity contribution in [2.45, 2.75) is 26.1 Å². The van der Waals surface area contributed by atoms with Gasteiger partial charge in [0.15, 0.2) is 17.6 Å². The summed E-state index contributed by atoms with van der Waals surface area (Å²) in [6.45, 7) is 3.81. The average molecular weight is 590 g/mol. The number of benzene rings is 2. The Hall–Kier alpha value is -4.75. The average Bonchev–Trinajstić information content (AvgIpc) is 3.46. The summed E-state index contributed by atoms with van der Waals surface area (Å²) >= 11 is 1.44. The Morgan fingerprint density at radius 3 is 2.69 bits per heavy atom. The third kappa shape index (κ3) is 5.31. The predicted octanol–water partition coefficient (Wildman–Crippen LogP) is 5.07. The highest BCUT2D eigenvalue weighted by Crippen LogP contribution is 2.46. The largest absolute Gasteiger partial charge is 0.484 e. The maximum Gasteiger partial charge on any atom is 0.411 e. The molecule has 1 aliphatic rings. The van der Waals surface area contributed by atoms with Crippen molar-refractivity contribution in [2.24, 2.45) is 0 Å². The molecule has 2 unspecified atom stereocenters. The molecule has 0 radical (unpaired) electrons. The third-order valence-corrected chi connectivity index (χ3v) is 7.73. The van der Waals surface area contributed by atoms with Crippen molar-refractivity contribution in [3.05, 3.63) is 53.9 Å². The minimum Gasteiger partial charge on any atom is -0.484 e. The van der Waals surface area contributed by atoms with Crippen LogP contribution in [0.25, 0.3) is 31.8 Å². The number of nitrogens with zero attached hydrogens (tertiary/aromatic N) is 4. The van der Waals surface area contributed by atoms with Gasteiger partial charge in [-0.25, -0.2) is 24.7 Å². The molecule has 12 nitrogen and oxygen atoms in total. The molecule has 6 rings (SSSR count). The second-order valence-corrected chi connectivity index (χ2v) is 10.6. The van der Waals surface area contributed by atoms with Gasteiger partial charge in [0, 0.05) is 11.6 Å². The predicted molar refractivity (Wildman–Crippen MR) is 156 cm³/mol. The fourth-order valence-electron chi connectivity index (χ4n) is 4.52. The van der Waals surface area contributed by atoms with E-state index in [4.69, 9.17) is 28.7 Å². The Bertz CT molecular complexity index is 1790. The smallest absolute Gasteiger partial charge is 0.411 e. The van der Waals surface area contributed by atoms with Gasteiger partial charge in [-0.05, 0) is 49.2 Å². The molecule has 2 aromatic carbocycles. The molecule has 0 fully saturated rings. The quantitative estimate of drug-likeness (QED) is 0.262. The number of methoxy groups -OCH3 is 2. The van der Waals surface area contributed by atoms with Crippen LogP contribution in [0.15, 0.2) is 42.7 Å². The van der Waals surface area contributed by atoms with Gasteiger partial charge in [0.1, 0.15) is 22.9 Å². The summed E-state index contributed by atoms with van der Waals surface area (Å²) < 4.78 is 28.7. The summed E-state index contributed by atoms with van der Waals surface area (Å²) in [5.41, 5.74) is 4.81. The zero-order chi connectivity index (χ0) is 29.4. The number of rotatable bonds is 7. The number of aliphatic hydroxyl groups is 1. The lowest BCUT2D eigenvalue weighted by molar-refractivity contribution is 0.0383. The number of hydrogen-bond donors (Lipinski definition) is 2. The number of amides is 1. The van der Waals surface area contributed by atoms with E-state index in [0.29, 0.717) is 50.6 Å². The Morgan fingerprint density at radius 1 is 1.12 bits per heavy atom. The number of aryl methyl sites for hydroxylation is 1. The van der Waals surface area contributed by atoms with Crippen molar-refractivity contribution in [3.8, 4) is 33.8 Å². The highest BCUT2D eigenvalue weighted by atomic mass is 32.1. The number of hydrogen-bond acceptors (Lipinski definition) is 12. The van der Waals surface area contributed by atoms with Crippen LogP contribution in [0, 0.1) is 6.92 Å². The highest BCUT2D eigenvalue weighted by molar-refractivity contribution is 7.22. The molecule has 4 heterocycles. The topological polar surface area (TPSA) is 147 Å². The van der Waals surface area contributed by atoms with Crippen molar-refractivity contribution in [1.82, 2.24) is 19.9 Å². The van der Waals surface area contributed by atoms with Crippen LogP contribution in [0.4, 0.5) is 10.5 Å². The Morgan fingerprint density at radius 2 is 1.95 bits per heavy atom. The molecule has 3 aromatic heterocycles. The summed E-state index contributed by atoms with van der Waals surface area (Å²) in [5.74, 6) is 1.94. The lowest BCUT2D eigenvalue weighted by Gasteiger charge is -2.26. The molecule has 1 aliphatic heterocycles. The van der Waals surface area contributed by atoms with Crippen LogP contribution in [-0.2, 0) is 4.74 Å². The fraction of sp³-hybridized carbons (Fsp3) is 0.276. The van der Waals surface area contributed by atoms with Crippen LogP contribution in [0.3, 0.4) is 0 Å². The molecule has 1 amide bonds. The zero-order valence-corrected chi connectivity index (χ0v) is 24.0. The molecule has 0 aliphatic carbocycles. The number of fused-ring (bicyclic) bond motifs is 4. The molecule has 0 saturated carbocycles. The molecule has 5 aromatic rings. The molecule has 0 saturated heterocycles. The van der Waals surface area contributed by atoms with Crippen LogP contribution >= 0.6 is 11.3 Å². The van der Waals surface area contributed by atoms with Crippen molar-refractivity contribution >= 4 is 44.4 Å². The van der Waals surface area contributed by atoms with E-state index in [9.17, 15) is 9.90 Å². The van der Waals surface area contributed by atoms with E-state index < -0.39 is 18.3 Å². The fourth-order valence-corrected chi connectivity index (χ4v) is 5.68. The Kier molecular flexibility index (Phi) is 7.35. The van der Waals surface area contributed by atoms with E-state index in [1.807, 2.05) is 19.1 Å². The van der Waals surface area contributed by atoms with E-state index >= 15 is 0 Å². The first-order valence-corrected chi connectivity index (χ1v) is 13.8. The second-order valence-electron chi connectivity index (χ2n) is 9.61. The van der Waals surface area contributed by atoms with Gasteiger partial charge in [-0.15, -0.1) is 11.3 Å². The number of anilines is 1. The van der Waals surface area contributed by atoms with Gasteiger partial charge in [0.25, 0.3) is 0 Å². The number of carbonyl (C=O) groups excluding carboxylic acids is 1. The Balaban J connectivity index is 1.24. The Labute approximate surface area is 244 Å². The molecular formula is C29H27N5O7S. The van der Waals surface area contributed by atoms with Crippen LogP contribution in [0.5, 0.6) is 23.3 Å². The summed E-state index contributed by atoms with van der Waals surface area (Å²) in [7, 11) is 3.04. The van der Waals surface area contributed by atoms with Gasteiger partial charge in [0.05, 0.1) is 55.0 Å². The minimum atomic E-state index is -0.712. The summed E-state index contributed by atoms with van der Waals surface area (Å²) in [5, 5.41) is 13.7. The van der Waals surface area contributed by atoms with Crippen molar-refractivity contribution in [1.29, 1.82) is 0 Å². The van der Waals surface area contributed by atoms with Gasteiger partial charge in [0.2, 0.25) is 11.8 Å². The molecule has 42 heavy (non-hydrogen) atoms. The minimum absolute atomic E-state index is 0.0138. The lowest BCUT2D eigenvalue weighted by Crippen LogP contribution is -2.35. The van der Waals surface area contributed by atoms with Crippen LogP contribution < -0.4 is 24.3 Å². The number of pyridine rings is 1. The summed E-state index contributed by atoms with van der Waals surface area (Å²) in [6.07, 6.45) is 1.18. The monoisotopic (exact) mass is 589 g/mol. The number of ether oxygens (including phenoxy) is 5. The molecular weight excluding hydrogens is 562 g/mol. The molecule has 0 spiro atoms. The molecule has 2 atom stereocenters. The van der Waals surface area contributed by atoms with Crippen molar-refractivity contribution in [3.63, 3.8) is 0 Å². The third-order valence-electron chi connectivity index (χ3n) is 6.65. The first kappa shape index (κ1) is 27.4. The van der Waals surface area contributed by atoms with E-state index in [2.05, 4.69) is 20.3 Å². The maximum absolute atomic E-state index is 12.3. The molecule has 13 heteroatoms. The molecule has 2 N–H and O–H groups in total. The summed E-state index contributed by atoms with van der Waals surface area (Å²) in [4.78, 5) is 30.4. The summed E-state index contributed by atoms with van der Waals surface area (Å²) in [6, 6.07) is 8.84. The molecule has 0 bridgehead atoms. The molecule has 216 valence electrons. The van der Waals surface area contributed by atoms with E-state index in [1.54, 1.807) is 31.3 Å². The standard InChI is InChI=1S/C29H27N5O7S/c1-14-7-21-26(39-12-18(41-21)13-40-29(36)32-17-5-6-22(37-3)30-10-17)27-24(14)34-28(42-27)19-8-16(15(2)35)9-20-25(19)31-11-23(33-20)38-4/h5-11,15,18,35H,12-13H2,1-4H3,(H,32,36). The SMILES string of the molecule is COc1ccc(NC(=O)OCC2COc3c(cc(C)c4nc(-c5cc(C(C)O)cc6nc(OC)cnc56)sc34)O2)cn1. The number of nitrogens with one attached hydrogen (secondary N) is 1. The number of aliphatic hydroxyl groups excluding tert-OH is 1. The van der Waals surface area contributed by atoms with Crippen LogP contribution in [0.2, 0.25) is 0 Å². The van der Waals surface area contributed by atoms with Crippen molar-refractivity contribution < 1.29 is 33.6 Å². The highest BCUT2D eigenvalue weighted by Gasteiger charge is 2.28. The van der Waals surface area contributed by atoms with Gasteiger partial charge in [-0.2, -0.15) is 0 Å². The normalized spacial score (nSPS) is 14.9. The first-order valence-electron chi connectivity index (χ1n) is 13.0. The van der Waals surface area contributed by atoms with Gasteiger partial charge in [-0.1, -0.05) is 0 Å². The van der Waals surface area contributed by atoms with E-state index in [1.165, 1.54) is 31.8 Å². The van der Waals surface area contributed by atoms with Gasteiger partial charge in [-0.3, -0.25) is 5.32 Å². The van der Waals surface area contributed by atoms with Gasteiger partial charge < -0.3 is 28.8 Å². The van der Waals surface area contributed by atoms with Crippen LogP contribution in [-0.4, -0.2) is 64.7 Å².